The van der Waals surface area contributed by atoms with Gasteiger partial charge in [0.15, 0.2) is 5.82 Å². The highest BCUT2D eigenvalue weighted by molar-refractivity contribution is 5.79. The molecule has 1 amide bonds. The van der Waals surface area contributed by atoms with Gasteiger partial charge < -0.3 is 13.9 Å². The minimum atomic E-state index is -0.302. The summed E-state index contributed by atoms with van der Waals surface area (Å²) in [5, 5.41) is 7.98. The summed E-state index contributed by atoms with van der Waals surface area (Å²) in [6.45, 7) is 5.23. The monoisotopic (exact) mass is 412 g/mol. The van der Waals surface area contributed by atoms with Gasteiger partial charge in [0.2, 0.25) is 5.91 Å². The zero-order valence-electron chi connectivity index (χ0n) is 17.2. The lowest BCUT2D eigenvalue weighted by Gasteiger charge is -2.32. The lowest BCUT2D eigenvalue weighted by atomic mass is 9.93. The standard InChI is InChI=1S/C22H25FN4O3/c1-14-19(15(2)29-25-14)12-21(28)27-11-3-4-16(13-27)5-10-20-24-22(30-26-20)17-6-8-18(23)9-7-17/h6-9,16H,3-5,10-13H2,1-2H3. The zero-order valence-corrected chi connectivity index (χ0v) is 17.2. The Balaban J connectivity index is 1.31. The van der Waals surface area contributed by atoms with Crippen LogP contribution in [0.2, 0.25) is 0 Å². The predicted octanol–water partition coefficient (Wildman–Crippen LogP) is 3.89. The smallest absolute Gasteiger partial charge is 0.257 e. The highest BCUT2D eigenvalue weighted by atomic mass is 19.1. The fraction of sp³-hybridized carbons (Fsp3) is 0.455. The number of piperidine rings is 1. The highest BCUT2D eigenvalue weighted by Crippen LogP contribution is 2.24. The molecule has 1 unspecified atom stereocenters. The van der Waals surface area contributed by atoms with E-state index in [4.69, 9.17) is 9.05 Å². The van der Waals surface area contributed by atoms with Crippen LogP contribution in [0.1, 0.15) is 42.1 Å². The van der Waals surface area contributed by atoms with Crippen molar-refractivity contribution in [1.29, 1.82) is 0 Å². The summed E-state index contributed by atoms with van der Waals surface area (Å²) in [6, 6.07) is 5.98. The molecule has 158 valence electrons. The number of benzene rings is 1. The SMILES string of the molecule is Cc1noc(C)c1CC(=O)N1CCCC(CCc2noc(-c3ccc(F)cc3)n2)C1. The number of amides is 1. The van der Waals surface area contributed by atoms with Crippen molar-refractivity contribution in [3.8, 4) is 11.5 Å². The Bertz CT molecular complexity index is 992. The van der Waals surface area contributed by atoms with E-state index in [1.165, 1.54) is 12.1 Å². The Kier molecular flexibility index (Phi) is 5.92. The van der Waals surface area contributed by atoms with Crippen LogP contribution in [0.5, 0.6) is 0 Å². The van der Waals surface area contributed by atoms with Gasteiger partial charge in [-0.1, -0.05) is 10.3 Å². The second-order valence-corrected chi connectivity index (χ2v) is 7.89. The Morgan fingerprint density at radius 1 is 1.20 bits per heavy atom. The topological polar surface area (TPSA) is 85.3 Å². The van der Waals surface area contributed by atoms with Crippen molar-refractivity contribution >= 4 is 5.91 Å². The molecule has 4 rings (SSSR count). The van der Waals surface area contributed by atoms with E-state index in [2.05, 4.69) is 15.3 Å². The number of halogens is 1. The first-order valence-electron chi connectivity index (χ1n) is 10.3. The molecule has 1 aromatic carbocycles. The molecular formula is C22H25FN4O3. The summed E-state index contributed by atoms with van der Waals surface area (Å²) >= 11 is 0. The third-order valence-electron chi connectivity index (χ3n) is 5.72. The van der Waals surface area contributed by atoms with Crippen LogP contribution in [0.25, 0.3) is 11.5 Å². The van der Waals surface area contributed by atoms with Gasteiger partial charge in [0, 0.05) is 30.6 Å². The molecule has 1 aliphatic rings. The van der Waals surface area contributed by atoms with E-state index in [-0.39, 0.29) is 11.7 Å². The summed E-state index contributed by atoms with van der Waals surface area (Å²) in [4.78, 5) is 19.1. The number of aryl methyl sites for hydroxylation is 3. The fourth-order valence-electron chi connectivity index (χ4n) is 3.94. The first-order chi connectivity index (χ1) is 14.5. The first kappa shape index (κ1) is 20.3. The van der Waals surface area contributed by atoms with Crippen LogP contribution in [-0.2, 0) is 17.6 Å². The summed E-state index contributed by atoms with van der Waals surface area (Å²) < 4.78 is 23.5. The van der Waals surface area contributed by atoms with Crippen LogP contribution in [0, 0.1) is 25.6 Å². The number of aromatic nitrogens is 3. The largest absolute Gasteiger partial charge is 0.361 e. The molecule has 30 heavy (non-hydrogen) atoms. The molecule has 0 radical (unpaired) electrons. The summed E-state index contributed by atoms with van der Waals surface area (Å²) in [7, 11) is 0. The Morgan fingerprint density at radius 3 is 2.73 bits per heavy atom. The second-order valence-electron chi connectivity index (χ2n) is 7.89. The molecular weight excluding hydrogens is 387 g/mol. The molecule has 0 spiro atoms. The predicted molar refractivity (Wildman–Crippen MR) is 107 cm³/mol. The molecule has 1 saturated heterocycles. The summed E-state index contributed by atoms with van der Waals surface area (Å²) in [5.41, 5.74) is 2.37. The molecule has 3 aromatic rings. The van der Waals surface area contributed by atoms with E-state index < -0.39 is 0 Å². The van der Waals surface area contributed by atoms with Crippen molar-refractivity contribution in [2.24, 2.45) is 5.92 Å². The van der Waals surface area contributed by atoms with Crippen molar-refractivity contribution < 1.29 is 18.2 Å². The van der Waals surface area contributed by atoms with Crippen molar-refractivity contribution in [2.45, 2.75) is 46.0 Å². The van der Waals surface area contributed by atoms with Gasteiger partial charge in [0.25, 0.3) is 5.89 Å². The Morgan fingerprint density at radius 2 is 2.00 bits per heavy atom. The van der Waals surface area contributed by atoms with E-state index >= 15 is 0 Å². The van der Waals surface area contributed by atoms with Crippen molar-refractivity contribution in [2.75, 3.05) is 13.1 Å². The van der Waals surface area contributed by atoms with Crippen LogP contribution >= 0.6 is 0 Å². The maximum absolute atomic E-state index is 13.1. The maximum Gasteiger partial charge on any atom is 0.257 e. The highest BCUT2D eigenvalue weighted by Gasteiger charge is 2.25. The number of hydrogen-bond donors (Lipinski definition) is 0. The Hall–Kier alpha value is -3.03. The number of carbonyl (C=O) groups excluding carboxylic acids is 1. The first-order valence-corrected chi connectivity index (χ1v) is 10.3. The molecule has 0 aliphatic carbocycles. The lowest BCUT2D eigenvalue weighted by Crippen LogP contribution is -2.41. The van der Waals surface area contributed by atoms with Crippen molar-refractivity contribution in [1.82, 2.24) is 20.2 Å². The van der Waals surface area contributed by atoms with Crippen LogP contribution in [0.15, 0.2) is 33.3 Å². The van der Waals surface area contributed by atoms with E-state index in [0.717, 1.165) is 43.6 Å². The molecule has 0 N–H and O–H groups in total. The number of hydrogen-bond acceptors (Lipinski definition) is 6. The minimum absolute atomic E-state index is 0.118. The number of nitrogens with zero attached hydrogens (tertiary/aromatic N) is 4. The second kappa shape index (κ2) is 8.77. The van der Waals surface area contributed by atoms with E-state index in [1.54, 1.807) is 12.1 Å². The minimum Gasteiger partial charge on any atom is -0.361 e. The molecule has 0 saturated carbocycles. The van der Waals surface area contributed by atoms with Gasteiger partial charge in [-0.25, -0.2) is 4.39 Å². The van der Waals surface area contributed by atoms with Gasteiger partial charge in [0.05, 0.1) is 12.1 Å². The third-order valence-corrected chi connectivity index (χ3v) is 5.72. The van der Waals surface area contributed by atoms with Crippen LogP contribution in [0.3, 0.4) is 0 Å². The molecule has 1 aliphatic heterocycles. The third kappa shape index (κ3) is 4.58. The van der Waals surface area contributed by atoms with Gasteiger partial charge in [0.1, 0.15) is 11.6 Å². The molecule has 2 aromatic heterocycles. The van der Waals surface area contributed by atoms with E-state index in [1.807, 2.05) is 18.7 Å². The average Bonchev–Trinajstić information content (AvgIpc) is 3.35. The van der Waals surface area contributed by atoms with Crippen LogP contribution < -0.4 is 0 Å². The average molecular weight is 412 g/mol. The van der Waals surface area contributed by atoms with Gasteiger partial charge >= 0.3 is 0 Å². The molecule has 1 fully saturated rings. The maximum atomic E-state index is 13.1. The van der Waals surface area contributed by atoms with Gasteiger partial charge in [-0.2, -0.15) is 4.98 Å². The van der Waals surface area contributed by atoms with Crippen LogP contribution in [0.4, 0.5) is 4.39 Å². The van der Waals surface area contributed by atoms with Crippen LogP contribution in [-0.4, -0.2) is 39.2 Å². The van der Waals surface area contributed by atoms with Crippen molar-refractivity contribution in [3.05, 3.63) is 52.9 Å². The fourth-order valence-corrected chi connectivity index (χ4v) is 3.94. The summed E-state index contributed by atoms with van der Waals surface area (Å²) in [6.07, 6.45) is 3.97. The molecule has 3 heterocycles. The quantitative estimate of drug-likeness (QED) is 0.611. The van der Waals surface area contributed by atoms with Gasteiger partial charge in [-0.3, -0.25) is 4.79 Å². The van der Waals surface area contributed by atoms with Gasteiger partial charge in [-0.05, 0) is 63.3 Å². The molecule has 1 atom stereocenters. The molecule has 8 heteroatoms. The normalized spacial score (nSPS) is 16.8. The van der Waals surface area contributed by atoms with Crippen molar-refractivity contribution in [3.63, 3.8) is 0 Å². The number of carbonyl (C=O) groups is 1. The molecule has 0 bridgehead atoms. The van der Waals surface area contributed by atoms with E-state index in [9.17, 15) is 9.18 Å². The number of likely N-dealkylation sites (tertiary alicyclic amines) is 1. The summed E-state index contributed by atoms with van der Waals surface area (Å²) in [5.74, 6) is 1.96. The van der Waals surface area contributed by atoms with E-state index in [0.29, 0.717) is 41.8 Å². The molecule has 7 nitrogen and oxygen atoms in total. The van der Waals surface area contributed by atoms with Gasteiger partial charge in [-0.15, -0.1) is 0 Å². The number of rotatable bonds is 6. The Labute approximate surface area is 174 Å². The zero-order chi connectivity index (χ0) is 21.1. The lowest BCUT2D eigenvalue weighted by molar-refractivity contribution is -0.132.